The van der Waals surface area contributed by atoms with Crippen LogP contribution in [0.1, 0.15) is 37.3 Å². The third kappa shape index (κ3) is 3.54. The van der Waals surface area contributed by atoms with Crippen molar-refractivity contribution < 1.29 is 4.42 Å². The lowest BCUT2D eigenvalue weighted by Crippen LogP contribution is -2.39. The fourth-order valence-electron chi connectivity index (χ4n) is 7.12. The Morgan fingerprint density at radius 3 is 2.80 bits per heavy atom. The summed E-state index contributed by atoms with van der Waals surface area (Å²) in [6.07, 6.45) is 15.2. The number of nitriles is 1. The largest absolute Gasteiger partial charge is 0.456 e. The van der Waals surface area contributed by atoms with Crippen molar-refractivity contribution in [3.05, 3.63) is 112 Å². The number of aliphatic imine (C=N–C) groups is 1. The van der Waals surface area contributed by atoms with Gasteiger partial charge in [-0.25, -0.2) is 0 Å². The maximum atomic E-state index is 9.78. The fourth-order valence-corrected chi connectivity index (χ4v) is 7.12. The summed E-state index contributed by atoms with van der Waals surface area (Å²) in [5, 5.41) is 12.2. The van der Waals surface area contributed by atoms with Gasteiger partial charge in [0.2, 0.25) is 0 Å². The van der Waals surface area contributed by atoms with Gasteiger partial charge >= 0.3 is 0 Å². The van der Waals surface area contributed by atoms with Crippen molar-refractivity contribution in [1.82, 2.24) is 0 Å². The molecule has 0 saturated carbocycles. The molecule has 194 valence electrons. The van der Waals surface area contributed by atoms with Crippen LogP contribution in [0.5, 0.6) is 0 Å². The Morgan fingerprint density at radius 1 is 0.950 bits per heavy atom. The van der Waals surface area contributed by atoms with Crippen LogP contribution in [0, 0.1) is 23.2 Å². The molecule has 8 rings (SSSR count). The predicted molar refractivity (Wildman–Crippen MR) is 161 cm³/mol. The third-order valence-electron chi connectivity index (χ3n) is 8.95. The van der Waals surface area contributed by atoms with Gasteiger partial charge in [0.1, 0.15) is 11.0 Å². The number of hydrogen-bond donors (Lipinski definition) is 0. The van der Waals surface area contributed by atoms with E-state index in [1.165, 1.54) is 33.1 Å². The Labute approximate surface area is 233 Å². The number of fused-ring (bicyclic) bond motifs is 5. The smallest absolute Gasteiger partial charge is 0.135 e. The minimum atomic E-state index is -0.103. The van der Waals surface area contributed by atoms with Crippen LogP contribution >= 0.6 is 0 Å². The van der Waals surface area contributed by atoms with Crippen LogP contribution < -0.4 is 15.5 Å². The summed E-state index contributed by atoms with van der Waals surface area (Å²) < 4.78 is 6.31. The molecule has 0 radical (unpaired) electrons. The third-order valence-corrected chi connectivity index (χ3v) is 8.95. The highest BCUT2D eigenvalue weighted by Gasteiger charge is 2.41. The standard InChI is InChI=1S/C36H29N3O/c37-22-25-11-8-18-38-36(25)24-10-7-9-23(19-24)26-12-1-4-15-31(26)39-32-16-5-2-13-27(32)29-21-35-30(20-33(29)39)28-14-3-6-17-34(28)40-35/h1-4,6-7,9-10,12-15,17-21,25,29,33,36H,5,8,11,16H2/t25?,29?,33?,36-/m1/s1. The van der Waals surface area contributed by atoms with Crippen LogP contribution in [0.15, 0.2) is 106 Å². The lowest BCUT2D eigenvalue weighted by atomic mass is 9.87. The Kier molecular flexibility index (Phi) is 5.38. The summed E-state index contributed by atoms with van der Waals surface area (Å²) >= 11 is 0. The Hall–Kier alpha value is -4.62. The van der Waals surface area contributed by atoms with E-state index in [4.69, 9.17) is 9.41 Å². The van der Waals surface area contributed by atoms with Crippen LogP contribution in [-0.2, 0) is 0 Å². The van der Waals surface area contributed by atoms with E-state index in [1.54, 1.807) is 0 Å². The molecular weight excluding hydrogens is 490 g/mol. The molecule has 4 aromatic rings. The number of nitrogens with zero attached hydrogens (tertiary/aromatic N) is 3. The van der Waals surface area contributed by atoms with Gasteiger partial charge in [-0.3, -0.25) is 4.99 Å². The van der Waals surface area contributed by atoms with Gasteiger partial charge in [-0.2, -0.15) is 5.26 Å². The van der Waals surface area contributed by atoms with E-state index < -0.39 is 0 Å². The first-order chi connectivity index (χ1) is 19.8. The number of hydrogen-bond acceptors (Lipinski definition) is 4. The van der Waals surface area contributed by atoms with Gasteiger partial charge in [-0.05, 0) is 78.9 Å². The molecule has 4 heteroatoms. The average molecular weight is 520 g/mol. The lowest BCUT2D eigenvalue weighted by molar-refractivity contribution is 0.490. The predicted octanol–water partition coefficient (Wildman–Crippen LogP) is 6.83. The molecular formula is C36H29N3O. The lowest BCUT2D eigenvalue weighted by Gasteiger charge is -2.32. The number of benzene rings is 3. The molecule has 3 unspecified atom stereocenters. The molecule has 0 fully saturated rings. The Balaban J connectivity index is 1.28. The summed E-state index contributed by atoms with van der Waals surface area (Å²) in [5.41, 5.74) is 9.43. The molecule has 2 aliphatic carbocycles. The van der Waals surface area contributed by atoms with E-state index in [9.17, 15) is 5.26 Å². The highest BCUT2D eigenvalue weighted by atomic mass is 16.3. The highest BCUT2D eigenvalue weighted by molar-refractivity contribution is 5.86. The molecule has 1 aromatic heterocycles. The zero-order chi connectivity index (χ0) is 26.6. The topological polar surface area (TPSA) is 52.5 Å². The molecule has 0 N–H and O–H groups in total. The SMILES string of the molecule is N#CC1CCC=N[C@@H]1c1cccc(-c2ccccc2N2C3=C(C=CCC3)C3C=c4oc5ccccc5c4=CC32)c1. The van der Waals surface area contributed by atoms with Crippen molar-refractivity contribution in [3.8, 4) is 17.2 Å². The van der Waals surface area contributed by atoms with Gasteiger partial charge in [0.25, 0.3) is 0 Å². The molecule has 0 amide bonds. The van der Waals surface area contributed by atoms with Gasteiger partial charge in [-0.1, -0.05) is 66.7 Å². The Bertz CT molecular complexity index is 1920. The summed E-state index contributed by atoms with van der Waals surface area (Å²) in [6, 6.07) is 28.4. The van der Waals surface area contributed by atoms with Gasteiger partial charge in [-0.15, -0.1) is 0 Å². The number of anilines is 1. The molecule has 0 spiro atoms. The van der Waals surface area contributed by atoms with E-state index >= 15 is 0 Å². The molecule has 2 aliphatic heterocycles. The normalized spacial score (nSPS) is 24.6. The average Bonchev–Trinajstić information content (AvgIpc) is 3.55. The second-order valence-corrected chi connectivity index (χ2v) is 11.2. The van der Waals surface area contributed by atoms with Crippen molar-refractivity contribution in [2.24, 2.45) is 16.8 Å². The number of furan rings is 1. The van der Waals surface area contributed by atoms with Crippen molar-refractivity contribution >= 4 is 35.0 Å². The first kappa shape index (κ1) is 23.3. The van der Waals surface area contributed by atoms with E-state index in [1.807, 2.05) is 12.3 Å². The minimum absolute atomic E-state index is 0.0806. The zero-order valence-electron chi connectivity index (χ0n) is 22.2. The van der Waals surface area contributed by atoms with Crippen LogP contribution in [-0.4, -0.2) is 12.3 Å². The van der Waals surface area contributed by atoms with Crippen molar-refractivity contribution in [2.45, 2.75) is 37.8 Å². The van der Waals surface area contributed by atoms with E-state index in [0.717, 1.165) is 47.8 Å². The second kappa shape index (κ2) is 9.24. The van der Waals surface area contributed by atoms with Gasteiger partial charge in [0, 0.05) is 33.5 Å². The molecule has 4 atom stereocenters. The van der Waals surface area contributed by atoms with Crippen molar-refractivity contribution in [3.63, 3.8) is 0 Å². The molecule has 3 heterocycles. The molecule has 4 aliphatic rings. The van der Waals surface area contributed by atoms with Crippen molar-refractivity contribution in [2.75, 3.05) is 4.90 Å². The monoisotopic (exact) mass is 519 g/mol. The molecule has 0 saturated heterocycles. The van der Waals surface area contributed by atoms with E-state index in [2.05, 4.69) is 102 Å². The first-order valence-corrected chi connectivity index (χ1v) is 14.3. The summed E-state index contributed by atoms with van der Waals surface area (Å²) in [5.74, 6) is 0.162. The summed E-state index contributed by atoms with van der Waals surface area (Å²) in [7, 11) is 0. The van der Waals surface area contributed by atoms with Crippen LogP contribution in [0.25, 0.3) is 34.2 Å². The number of allylic oxidation sites excluding steroid dienone is 3. The van der Waals surface area contributed by atoms with Gasteiger partial charge < -0.3 is 9.32 Å². The van der Waals surface area contributed by atoms with Crippen LogP contribution in [0.4, 0.5) is 5.69 Å². The summed E-state index contributed by atoms with van der Waals surface area (Å²) in [4.78, 5) is 7.33. The maximum absolute atomic E-state index is 9.78. The first-order valence-electron chi connectivity index (χ1n) is 14.3. The van der Waals surface area contributed by atoms with Gasteiger partial charge in [0.05, 0.1) is 24.1 Å². The minimum Gasteiger partial charge on any atom is -0.456 e. The molecule has 0 bridgehead atoms. The number of para-hydroxylation sites is 2. The summed E-state index contributed by atoms with van der Waals surface area (Å²) in [6.45, 7) is 0. The van der Waals surface area contributed by atoms with Gasteiger partial charge in [0.15, 0.2) is 0 Å². The highest BCUT2D eigenvalue weighted by Crippen LogP contribution is 2.47. The van der Waals surface area contributed by atoms with E-state index in [-0.39, 0.29) is 23.9 Å². The van der Waals surface area contributed by atoms with Crippen molar-refractivity contribution in [1.29, 1.82) is 5.26 Å². The van der Waals surface area contributed by atoms with Crippen LogP contribution in [0.2, 0.25) is 0 Å². The van der Waals surface area contributed by atoms with E-state index in [0.29, 0.717) is 0 Å². The zero-order valence-corrected chi connectivity index (χ0v) is 22.2. The second-order valence-electron chi connectivity index (χ2n) is 11.2. The maximum Gasteiger partial charge on any atom is 0.135 e. The Morgan fingerprint density at radius 2 is 1.85 bits per heavy atom. The molecule has 4 nitrogen and oxygen atoms in total. The fraction of sp³-hybridized carbons (Fsp3) is 0.222. The van der Waals surface area contributed by atoms with Crippen LogP contribution in [0.3, 0.4) is 0 Å². The molecule has 3 aromatic carbocycles. The number of rotatable bonds is 3. The molecule has 40 heavy (non-hydrogen) atoms. The quantitative estimate of drug-likeness (QED) is 0.298.